The first-order valence-electron chi connectivity index (χ1n) is 8.69. The van der Waals surface area contributed by atoms with Crippen molar-refractivity contribution in [2.45, 2.75) is 66.2 Å². The second-order valence-electron chi connectivity index (χ2n) is 7.78. The molecule has 150 valence electrons. The van der Waals surface area contributed by atoms with Gasteiger partial charge in [-0.05, 0) is 60.6 Å². The smallest absolute Gasteiger partial charge is 0.420 e. The van der Waals surface area contributed by atoms with Crippen molar-refractivity contribution in [3.8, 4) is 0 Å². The van der Waals surface area contributed by atoms with Crippen LogP contribution in [-0.2, 0) is 20.8 Å². The summed E-state index contributed by atoms with van der Waals surface area (Å²) >= 11 is 0. The third-order valence-electron chi connectivity index (χ3n) is 2.84. The van der Waals surface area contributed by atoms with Crippen LogP contribution in [0.15, 0.2) is 18.2 Å². The first-order valence-corrected chi connectivity index (χ1v) is 8.69. The lowest BCUT2D eigenvalue weighted by Crippen LogP contribution is -2.43. The Morgan fingerprint density at radius 3 is 1.93 bits per heavy atom. The Balaban J connectivity index is 3.10. The van der Waals surface area contributed by atoms with Crippen LogP contribution in [0, 0.1) is 0 Å². The van der Waals surface area contributed by atoms with Gasteiger partial charge in [-0.2, -0.15) is 0 Å². The maximum atomic E-state index is 12.5. The molecule has 0 aliphatic carbocycles. The lowest BCUT2D eigenvalue weighted by atomic mass is 10.2. The molecule has 2 amide bonds. The van der Waals surface area contributed by atoms with Crippen molar-refractivity contribution in [2.24, 2.45) is 0 Å². The van der Waals surface area contributed by atoms with Crippen LogP contribution in [0.25, 0.3) is 0 Å². The van der Waals surface area contributed by atoms with Crippen LogP contribution in [0.4, 0.5) is 9.59 Å². The van der Waals surface area contributed by atoms with Gasteiger partial charge in [0.25, 0.3) is 0 Å². The zero-order chi connectivity index (χ0) is 20.8. The van der Waals surface area contributed by atoms with Gasteiger partial charge in [-0.3, -0.25) is 0 Å². The Bertz CT molecular complexity index is 660. The van der Waals surface area contributed by atoms with Gasteiger partial charge in [-0.15, -0.1) is 0 Å². The molecule has 1 rings (SSSR count). The zero-order valence-electron chi connectivity index (χ0n) is 17.0. The topological polar surface area (TPSA) is 95.0 Å². The molecule has 8 heteroatoms. The highest BCUT2D eigenvalue weighted by Crippen LogP contribution is 2.16. The predicted octanol–water partition coefficient (Wildman–Crippen LogP) is 3.93. The van der Waals surface area contributed by atoms with Crippen LogP contribution in [0.3, 0.4) is 0 Å². The third-order valence-corrected chi connectivity index (χ3v) is 2.84. The number of imide groups is 1. The van der Waals surface area contributed by atoms with E-state index in [1.807, 2.05) is 0 Å². The summed E-state index contributed by atoms with van der Waals surface area (Å²) in [7, 11) is 0. The van der Waals surface area contributed by atoms with Gasteiger partial charge in [-0.1, -0.05) is 6.07 Å². The summed E-state index contributed by atoms with van der Waals surface area (Å²) in [5.41, 5.74) is -1.19. The van der Waals surface area contributed by atoms with E-state index in [9.17, 15) is 14.4 Å². The quantitative estimate of drug-likeness (QED) is 0.577. The van der Waals surface area contributed by atoms with E-state index in [-0.39, 0.29) is 18.8 Å². The molecule has 0 saturated heterocycles. The Morgan fingerprint density at radius 2 is 1.48 bits per heavy atom. The van der Waals surface area contributed by atoms with Crippen molar-refractivity contribution >= 4 is 18.2 Å². The van der Waals surface area contributed by atoms with Gasteiger partial charge in [0, 0.05) is 0 Å². The first-order chi connectivity index (χ1) is 12.3. The fraction of sp³-hybridized carbons (Fsp3) is 0.579. The van der Waals surface area contributed by atoms with Gasteiger partial charge >= 0.3 is 18.2 Å². The summed E-state index contributed by atoms with van der Waals surface area (Å²) in [5, 5.41) is 0. The highest BCUT2D eigenvalue weighted by molar-refractivity contribution is 5.88. The second-order valence-corrected chi connectivity index (χ2v) is 7.78. The van der Waals surface area contributed by atoms with Crippen LogP contribution in [0.5, 0.6) is 0 Å². The SMILES string of the molecule is CCOC(=O)c1cccc(CN(C(=O)OC(C)(C)C)C(=O)OC(C)(C)C)n1. The Morgan fingerprint density at radius 1 is 0.963 bits per heavy atom. The fourth-order valence-corrected chi connectivity index (χ4v) is 1.89. The van der Waals surface area contributed by atoms with E-state index in [0.29, 0.717) is 5.69 Å². The largest absolute Gasteiger partial charge is 0.461 e. The molecule has 0 unspecified atom stereocenters. The fourth-order valence-electron chi connectivity index (χ4n) is 1.89. The van der Waals surface area contributed by atoms with E-state index in [4.69, 9.17) is 14.2 Å². The zero-order valence-corrected chi connectivity index (χ0v) is 17.0. The molecule has 8 nitrogen and oxygen atoms in total. The van der Waals surface area contributed by atoms with Crippen LogP contribution in [0.2, 0.25) is 0 Å². The van der Waals surface area contributed by atoms with E-state index < -0.39 is 29.4 Å². The van der Waals surface area contributed by atoms with E-state index >= 15 is 0 Å². The number of ether oxygens (including phenoxy) is 3. The summed E-state index contributed by atoms with van der Waals surface area (Å²) < 4.78 is 15.5. The van der Waals surface area contributed by atoms with Crippen LogP contribution in [0.1, 0.15) is 64.6 Å². The number of esters is 1. The molecular weight excluding hydrogens is 352 g/mol. The summed E-state index contributed by atoms with van der Waals surface area (Å²) in [6.45, 7) is 11.8. The summed E-state index contributed by atoms with van der Waals surface area (Å²) in [6, 6.07) is 4.67. The lowest BCUT2D eigenvalue weighted by molar-refractivity contribution is -0.000483. The minimum atomic E-state index is -0.861. The second kappa shape index (κ2) is 8.83. The van der Waals surface area contributed by atoms with E-state index in [2.05, 4.69) is 4.98 Å². The normalized spacial score (nSPS) is 11.5. The Labute approximate surface area is 159 Å². The molecule has 1 aromatic heterocycles. The van der Waals surface area contributed by atoms with Gasteiger partial charge in [0.2, 0.25) is 0 Å². The van der Waals surface area contributed by atoms with Gasteiger partial charge in [0.05, 0.1) is 18.8 Å². The molecule has 0 aromatic carbocycles. The molecule has 0 spiro atoms. The summed E-state index contributed by atoms with van der Waals surface area (Å²) in [6.07, 6.45) is -1.72. The highest BCUT2D eigenvalue weighted by Gasteiger charge is 2.31. The van der Waals surface area contributed by atoms with Crippen molar-refractivity contribution in [3.05, 3.63) is 29.6 Å². The molecule has 0 aliphatic heterocycles. The number of aromatic nitrogens is 1. The Kier molecular flexibility index (Phi) is 7.33. The number of rotatable bonds is 4. The first kappa shape index (κ1) is 22.4. The third kappa shape index (κ3) is 8.06. The van der Waals surface area contributed by atoms with Crippen LogP contribution < -0.4 is 0 Å². The molecule has 1 heterocycles. The minimum Gasteiger partial charge on any atom is -0.461 e. The average molecular weight is 380 g/mol. The van der Waals surface area contributed by atoms with Crippen molar-refractivity contribution in [3.63, 3.8) is 0 Å². The molecule has 0 atom stereocenters. The lowest BCUT2D eigenvalue weighted by Gasteiger charge is -2.28. The summed E-state index contributed by atoms with van der Waals surface area (Å²) in [5.74, 6) is -0.583. The number of amides is 2. The van der Waals surface area contributed by atoms with E-state index in [1.165, 1.54) is 6.07 Å². The van der Waals surface area contributed by atoms with Crippen molar-refractivity contribution in [1.29, 1.82) is 0 Å². The van der Waals surface area contributed by atoms with Gasteiger partial charge in [0.15, 0.2) is 0 Å². The molecule has 0 fully saturated rings. The van der Waals surface area contributed by atoms with Crippen LogP contribution >= 0.6 is 0 Å². The molecule has 0 bridgehead atoms. The number of hydrogen-bond acceptors (Lipinski definition) is 7. The van der Waals surface area contributed by atoms with Crippen molar-refractivity contribution in [2.75, 3.05) is 6.61 Å². The van der Waals surface area contributed by atoms with Crippen LogP contribution in [-0.4, -0.2) is 45.8 Å². The standard InChI is InChI=1S/C19H28N2O6/c1-8-25-15(22)14-11-9-10-13(20-14)12-21(16(23)26-18(2,3)4)17(24)27-19(5,6)7/h9-11H,8,12H2,1-7H3. The summed E-state index contributed by atoms with van der Waals surface area (Å²) in [4.78, 5) is 41.8. The monoisotopic (exact) mass is 380 g/mol. The van der Waals surface area contributed by atoms with Gasteiger partial charge in [0.1, 0.15) is 16.9 Å². The molecule has 0 N–H and O–H groups in total. The minimum absolute atomic E-state index is 0.0858. The molecule has 0 aliphatic rings. The number of pyridine rings is 1. The van der Waals surface area contributed by atoms with Crippen molar-refractivity contribution in [1.82, 2.24) is 9.88 Å². The maximum Gasteiger partial charge on any atom is 0.420 e. The molecular formula is C19H28N2O6. The van der Waals surface area contributed by atoms with Crippen molar-refractivity contribution < 1.29 is 28.6 Å². The number of hydrogen-bond donors (Lipinski definition) is 0. The number of nitrogens with zero attached hydrogens (tertiary/aromatic N) is 2. The van der Waals surface area contributed by atoms with Gasteiger partial charge < -0.3 is 14.2 Å². The Hall–Kier alpha value is -2.64. The molecule has 0 saturated carbocycles. The number of carbonyl (C=O) groups excluding carboxylic acids is 3. The average Bonchev–Trinajstić information content (AvgIpc) is 2.49. The molecule has 1 aromatic rings. The number of carbonyl (C=O) groups is 3. The highest BCUT2D eigenvalue weighted by atomic mass is 16.6. The maximum absolute atomic E-state index is 12.5. The predicted molar refractivity (Wildman–Crippen MR) is 98.2 cm³/mol. The molecule has 0 radical (unpaired) electrons. The molecule has 27 heavy (non-hydrogen) atoms. The van der Waals surface area contributed by atoms with Gasteiger partial charge in [-0.25, -0.2) is 24.3 Å². The van der Waals surface area contributed by atoms with E-state index in [1.54, 1.807) is 60.6 Å². The van der Waals surface area contributed by atoms with E-state index in [0.717, 1.165) is 4.90 Å².